The molecule has 0 fully saturated rings. The summed E-state index contributed by atoms with van der Waals surface area (Å²) < 4.78 is 0. The van der Waals surface area contributed by atoms with Crippen molar-refractivity contribution in [2.24, 2.45) is 0 Å². The molecule has 0 heterocycles. The molecule has 0 aliphatic heterocycles. The SMILES string of the molecule is C=Cc1ccc(N(C2=CC=CCC=C2)c2ccc(C3=C(c4ccccc4)c4ccccc4C(c4ccccc4)=CC3c3ccc(N(c4ccccc4)c4ccc(/C=C/c5ccccc5)cc4)cc3)cc2)cc1. The Hall–Kier alpha value is -9.24. The molecule has 1 atom stereocenters. The minimum atomic E-state index is -0.135. The van der Waals surface area contributed by atoms with Crippen molar-refractivity contribution in [3.63, 3.8) is 0 Å². The summed E-state index contributed by atoms with van der Waals surface area (Å²) in [5.74, 6) is -0.135. The maximum Gasteiger partial charge on any atom is 0.0462 e. The Morgan fingerprint density at radius 3 is 1.51 bits per heavy atom. The van der Waals surface area contributed by atoms with Gasteiger partial charge in [0.1, 0.15) is 0 Å². The van der Waals surface area contributed by atoms with Crippen LogP contribution >= 0.6 is 0 Å². The van der Waals surface area contributed by atoms with Gasteiger partial charge in [-0.1, -0.05) is 231 Å². The lowest BCUT2D eigenvalue weighted by molar-refractivity contribution is 1.10. The van der Waals surface area contributed by atoms with Crippen LogP contribution in [0.5, 0.6) is 0 Å². The third-order valence-corrected chi connectivity index (χ3v) is 13.5. The number of hydrogen-bond donors (Lipinski definition) is 0. The van der Waals surface area contributed by atoms with Crippen LogP contribution in [0.3, 0.4) is 0 Å². The van der Waals surface area contributed by atoms with E-state index in [1.807, 2.05) is 12.1 Å². The quantitative estimate of drug-likeness (QED) is 0.106. The van der Waals surface area contributed by atoms with Gasteiger partial charge in [-0.2, -0.15) is 0 Å². The molecule has 1 unspecified atom stereocenters. The molecule has 2 heteroatoms. The summed E-state index contributed by atoms with van der Waals surface area (Å²) in [6, 6.07) is 87.9. The van der Waals surface area contributed by atoms with Crippen LogP contribution in [0.1, 0.15) is 62.4 Å². The van der Waals surface area contributed by atoms with Crippen LogP contribution in [-0.2, 0) is 0 Å². The molecule has 0 saturated carbocycles. The van der Waals surface area contributed by atoms with Gasteiger partial charge < -0.3 is 9.80 Å². The fourth-order valence-corrected chi connectivity index (χ4v) is 10.0. The van der Waals surface area contributed by atoms with Gasteiger partial charge in [0.25, 0.3) is 0 Å². The van der Waals surface area contributed by atoms with Crippen molar-refractivity contribution in [2.75, 3.05) is 9.80 Å². The predicted octanol–water partition coefficient (Wildman–Crippen LogP) is 18.7. The minimum absolute atomic E-state index is 0.135. The Bertz CT molecular complexity index is 3490. The van der Waals surface area contributed by atoms with Gasteiger partial charge in [0.2, 0.25) is 0 Å². The first kappa shape index (κ1) is 45.2. The fourth-order valence-electron chi connectivity index (χ4n) is 10.0. The molecule has 0 aromatic heterocycles. The smallest absolute Gasteiger partial charge is 0.0462 e. The van der Waals surface area contributed by atoms with Crippen LogP contribution in [0.25, 0.3) is 34.9 Å². The summed E-state index contributed by atoms with van der Waals surface area (Å²) in [6.45, 7) is 4.01. The van der Waals surface area contributed by atoms with Gasteiger partial charge in [-0.05, 0) is 146 Å². The molecule has 2 aliphatic rings. The maximum absolute atomic E-state index is 4.01. The second kappa shape index (κ2) is 21.2. The molecule has 2 aliphatic carbocycles. The van der Waals surface area contributed by atoms with Crippen LogP contribution in [-0.4, -0.2) is 0 Å². The van der Waals surface area contributed by atoms with E-state index in [4.69, 9.17) is 0 Å². The standard InChI is InChI=1S/C70H54N2/c1-2-52-35-43-61(44-36-52)71(59-27-15-3-4-16-28-59)64-49-41-58(42-50-64)70-68(51-67(55-23-11-6-12-24-55)65-31-19-20-32-66(65)69(70)57-25-13-7-14-26-57)56-39-47-63(48-40-56)72(60-29-17-8-18-30-60)62-45-37-54(38-46-62)34-33-53-21-9-5-10-22-53/h2-3,5-51,68H,1,4H2/b34-33+. The van der Waals surface area contributed by atoms with E-state index in [2.05, 4.69) is 302 Å². The molecule has 0 spiro atoms. The third-order valence-electron chi connectivity index (χ3n) is 13.5. The lowest BCUT2D eigenvalue weighted by atomic mass is 9.80. The zero-order chi connectivity index (χ0) is 48.5. The molecule has 0 N–H and O–H groups in total. The Labute approximate surface area is 424 Å². The van der Waals surface area contributed by atoms with Crippen LogP contribution in [0.15, 0.2) is 291 Å². The van der Waals surface area contributed by atoms with Crippen LogP contribution in [0, 0.1) is 0 Å². The van der Waals surface area contributed by atoms with Gasteiger partial charge in [0, 0.05) is 40.1 Å². The maximum atomic E-state index is 4.01. The third kappa shape index (κ3) is 9.67. The molecule has 0 bridgehead atoms. The Morgan fingerprint density at radius 1 is 0.403 bits per heavy atom. The molecule has 2 nitrogen and oxygen atoms in total. The summed E-state index contributed by atoms with van der Waals surface area (Å²) in [6.07, 6.45) is 20.6. The summed E-state index contributed by atoms with van der Waals surface area (Å²) in [5, 5.41) is 0. The second-order valence-electron chi connectivity index (χ2n) is 18.1. The van der Waals surface area contributed by atoms with Crippen molar-refractivity contribution in [1.29, 1.82) is 0 Å². The van der Waals surface area contributed by atoms with E-state index in [0.29, 0.717) is 0 Å². The number of fused-ring (bicyclic) bond motifs is 1. The van der Waals surface area contributed by atoms with E-state index in [1.54, 1.807) is 0 Å². The van der Waals surface area contributed by atoms with E-state index in [-0.39, 0.29) is 5.92 Å². The Kier molecular flexibility index (Phi) is 13.3. The zero-order valence-corrected chi connectivity index (χ0v) is 40.2. The number of nitrogens with zero attached hydrogens (tertiary/aromatic N) is 2. The molecule has 11 rings (SSSR count). The highest BCUT2D eigenvalue weighted by Crippen LogP contribution is 2.49. The van der Waals surface area contributed by atoms with E-state index in [9.17, 15) is 0 Å². The number of para-hydroxylation sites is 1. The van der Waals surface area contributed by atoms with Crippen LogP contribution in [0.2, 0.25) is 0 Å². The molecule has 344 valence electrons. The molecule has 0 radical (unpaired) electrons. The average molecular weight is 923 g/mol. The first-order chi connectivity index (χ1) is 35.7. The van der Waals surface area contributed by atoms with E-state index < -0.39 is 0 Å². The number of benzene rings is 9. The highest BCUT2D eigenvalue weighted by molar-refractivity contribution is 6.07. The summed E-state index contributed by atoms with van der Waals surface area (Å²) in [5.41, 5.74) is 20.8. The van der Waals surface area contributed by atoms with Crippen molar-refractivity contribution in [2.45, 2.75) is 12.3 Å². The first-order valence-electron chi connectivity index (χ1n) is 24.8. The summed E-state index contributed by atoms with van der Waals surface area (Å²) in [4.78, 5) is 4.69. The highest BCUT2D eigenvalue weighted by Gasteiger charge is 2.29. The van der Waals surface area contributed by atoms with Crippen molar-refractivity contribution < 1.29 is 0 Å². The van der Waals surface area contributed by atoms with Gasteiger partial charge in [-0.3, -0.25) is 0 Å². The highest BCUT2D eigenvalue weighted by atomic mass is 15.1. The summed E-state index contributed by atoms with van der Waals surface area (Å²) in [7, 11) is 0. The lowest BCUT2D eigenvalue weighted by Gasteiger charge is -2.28. The van der Waals surface area contributed by atoms with Crippen LogP contribution < -0.4 is 9.80 Å². The molecule has 0 amide bonds. The fraction of sp³-hybridized carbons (Fsp3) is 0.0286. The normalized spacial score (nSPS) is 14.2. The van der Waals surface area contributed by atoms with Gasteiger partial charge >= 0.3 is 0 Å². The number of hydrogen-bond acceptors (Lipinski definition) is 2. The molecular formula is C70H54N2. The van der Waals surface area contributed by atoms with Crippen molar-refractivity contribution in [1.82, 2.24) is 0 Å². The average Bonchev–Trinajstić information content (AvgIpc) is 3.82. The molecule has 0 saturated heterocycles. The molecule has 9 aromatic carbocycles. The monoisotopic (exact) mass is 922 g/mol. The van der Waals surface area contributed by atoms with Gasteiger partial charge in [0.05, 0.1) is 0 Å². The minimum Gasteiger partial charge on any atom is -0.311 e. The number of rotatable bonds is 13. The van der Waals surface area contributed by atoms with E-state index in [1.165, 1.54) is 50.1 Å². The van der Waals surface area contributed by atoms with Gasteiger partial charge in [-0.15, -0.1) is 0 Å². The number of allylic oxidation sites excluding steroid dienone is 7. The largest absolute Gasteiger partial charge is 0.311 e. The van der Waals surface area contributed by atoms with Crippen molar-refractivity contribution >= 4 is 63.4 Å². The van der Waals surface area contributed by atoms with E-state index >= 15 is 0 Å². The molecule has 72 heavy (non-hydrogen) atoms. The Morgan fingerprint density at radius 2 is 0.889 bits per heavy atom. The molecule has 9 aromatic rings. The second-order valence-corrected chi connectivity index (χ2v) is 18.1. The zero-order valence-electron chi connectivity index (χ0n) is 40.2. The number of anilines is 5. The van der Waals surface area contributed by atoms with Gasteiger partial charge in [0.15, 0.2) is 0 Å². The van der Waals surface area contributed by atoms with E-state index in [0.717, 1.165) is 57.2 Å². The van der Waals surface area contributed by atoms with Crippen LogP contribution in [0.4, 0.5) is 28.4 Å². The van der Waals surface area contributed by atoms with Crippen molar-refractivity contribution in [3.8, 4) is 0 Å². The molecular weight excluding hydrogens is 869 g/mol. The van der Waals surface area contributed by atoms with Gasteiger partial charge in [-0.25, -0.2) is 0 Å². The predicted molar refractivity (Wildman–Crippen MR) is 308 cm³/mol. The first-order valence-corrected chi connectivity index (χ1v) is 24.8. The van der Waals surface area contributed by atoms with Crippen molar-refractivity contribution in [3.05, 3.63) is 341 Å². The summed E-state index contributed by atoms with van der Waals surface area (Å²) >= 11 is 0. The lowest BCUT2D eigenvalue weighted by Crippen LogP contribution is -2.15. The Balaban J connectivity index is 1.07. The topological polar surface area (TPSA) is 6.48 Å².